The van der Waals surface area contributed by atoms with Crippen LogP contribution in [0.1, 0.15) is 32.0 Å². The lowest BCUT2D eigenvalue weighted by molar-refractivity contribution is -0.763. The van der Waals surface area contributed by atoms with E-state index in [4.69, 9.17) is 9.84 Å². The summed E-state index contributed by atoms with van der Waals surface area (Å²) in [5.41, 5.74) is 2.22. The molecule has 1 aliphatic rings. The molecule has 4 rings (SSSR count). The van der Waals surface area contributed by atoms with Crippen LogP contribution in [0.3, 0.4) is 0 Å². The molecule has 1 aliphatic heterocycles. The zero-order chi connectivity index (χ0) is 22.1. The number of aromatic nitrogens is 3. The minimum Gasteiger partial charge on any atom is -0.496 e. The number of H-pyrrole nitrogens is 1. The van der Waals surface area contributed by atoms with E-state index >= 15 is 0 Å². The van der Waals surface area contributed by atoms with E-state index in [9.17, 15) is 9.59 Å². The molecule has 31 heavy (non-hydrogen) atoms. The highest BCUT2D eigenvalue weighted by molar-refractivity contribution is 9.10. The molecule has 160 valence electrons. The molecular formula is C22H22BrN4O3S+. The summed E-state index contributed by atoms with van der Waals surface area (Å²) >= 11 is 4.97. The number of ether oxygens (including phenoxy) is 1. The Morgan fingerprint density at radius 1 is 1.29 bits per heavy atom. The van der Waals surface area contributed by atoms with Gasteiger partial charge in [0, 0.05) is 16.0 Å². The van der Waals surface area contributed by atoms with Crippen molar-refractivity contribution in [2.45, 2.75) is 31.6 Å². The summed E-state index contributed by atoms with van der Waals surface area (Å²) in [6.45, 7) is 3.82. The van der Waals surface area contributed by atoms with Crippen molar-refractivity contribution in [2.75, 3.05) is 17.8 Å². The van der Waals surface area contributed by atoms with Gasteiger partial charge in [0.25, 0.3) is 6.17 Å². The number of amides is 1. The number of hydrogen-bond donors (Lipinski definition) is 1. The topological polar surface area (TPSA) is 79.2 Å². The summed E-state index contributed by atoms with van der Waals surface area (Å²) in [5, 5.41) is 5.25. The van der Waals surface area contributed by atoms with Crippen LogP contribution in [0, 0.1) is 0 Å². The van der Waals surface area contributed by atoms with Crippen LogP contribution < -0.4 is 19.9 Å². The number of carbonyl (C=O) groups excluding carboxylic acids is 1. The molecule has 0 aliphatic carbocycles. The molecule has 1 unspecified atom stereocenters. The molecule has 9 heteroatoms. The first kappa shape index (κ1) is 21.6. The second-order valence-electron chi connectivity index (χ2n) is 6.88. The summed E-state index contributed by atoms with van der Waals surface area (Å²) in [6, 6.07) is 13.0. The number of thioether (sulfide) groups is 1. The van der Waals surface area contributed by atoms with Crippen molar-refractivity contribution in [3.05, 3.63) is 62.9 Å². The van der Waals surface area contributed by atoms with Gasteiger partial charge in [0.1, 0.15) is 5.75 Å². The maximum atomic E-state index is 13.2. The van der Waals surface area contributed by atoms with E-state index in [1.807, 2.05) is 56.3 Å². The van der Waals surface area contributed by atoms with Gasteiger partial charge >= 0.3 is 11.3 Å². The van der Waals surface area contributed by atoms with Crippen LogP contribution in [0.25, 0.3) is 11.3 Å². The summed E-state index contributed by atoms with van der Waals surface area (Å²) < 4.78 is 8.12. The predicted octanol–water partition coefficient (Wildman–Crippen LogP) is 3.91. The molecule has 2 heterocycles. The van der Waals surface area contributed by atoms with E-state index in [0.717, 1.165) is 15.8 Å². The zero-order valence-electron chi connectivity index (χ0n) is 17.4. The van der Waals surface area contributed by atoms with Crippen molar-refractivity contribution in [3.63, 3.8) is 0 Å². The number of benzene rings is 2. The molecule has 0 saturated heterocycles. The molecule has 7 nitrogen and oxygen atoms in total. The fourth-order valence-electron chi connectivity index (χ4n) is 3.80. The van der Waals surface area contributed by atoms with Crippen LogP contribution in [-0.2, 0) is 4.79 Å². The monoisotopic (exact) mass is 501 g/mol. The van der Waals surface area contributed by atoms with Crippen molar-refractivity contribution in [2.24, 2.45) is 0 Å². The largest absolute Gasteiger partial charge is 0.496 e. The van der Waals surface area contributed by atoms with Gasteiger partial charge in [-0.2, -0.15) is 0 Å². The number of nitrogens with zero attached hydrogens (tertiary/aromatic N) is 3. The minimum absolute atomic E-state index is 0.0793. The molecule has 0 spiro atoms. The second kappa shape index (κ2) is 8.84. The number of anilines is 1. The fourth-order valence-corrected chi connectivity index (χ4v) is 4.76. The number of methoxy groups -OCH3 is 1. The lowest BCUT2D eigenvalue weighted by Crippen LogP contribution is -2.61. The van der Waals surface area contributed by atoms with Gasteiger partial charge < -0.3 is 4.74 Å². The van der Waals surface area contributed by atoms with Gasteiger partial charge in [0.05, 0.1) is 23.9 Å². The summed E-state index contributed by atoms with van der Waals surface area (Å²) in [5.74, 6) is 1.28. The molecule has 0 saturated carbocycles. The maximum absolute atomic E-state index is 13.2. The van der Waals surface area contributed by atoms with E-state index in [1.165, 1.54) is 11.8 Å². The third-order valence-corrected chi connectivity index (χ3v) is 6.32. The van der Waals surface area contributed by atoms with Gasteiger partial charge in [-0.3, -0.25) is 14.6 Å². The average Bonchev–Trinajstić information content (AvgIpc) is 2.77. The van der Waals surface area contributed by atoms with Crippen LogP contribution in [0.15, 0.2) is 56.9 Å². The number of carbonyl (C=O) groups is 1. The average molecular weight is 502 g/mol. The number of nitrogens with one attached hydrogen (secondary N) is 1. The van der Waals surface area contributed by atoms with E-state index in [-0.39, 0.29) is 11.5 Å². The summed E-state index contributed by atoms with van der Waals surface area (Å²) in [7, 11) is 1.59. The van der Waals surface area contributed by atoms with Gasteiger partial charge in [-0.1, -0.05) is 53.7 Å². The number of hydrogen-bond acceptors (Lipinski definition) is 5. The number of rotatable bonds is 5. The number of fused-ring (bicyclic) bond motifs is 3. The Bertz CT molecular complexity index is 1210. The quantitative estimate of drug-likeness (QED) is 0.423. The van der Waals surface area contributed by atoms with Crippen molar-refractivity contribution in [3.8, 4) is 17.0 Å². The SMILES string of the molecule is CCSc1n[n+]2c(c(=O)[nH]1)-c1ccccc1N(C(=O)CC)C2c1cc(Br)ccc1OC. The standard InChI is InChI=1S/C22H21BrN4O3S/c1-4-18(28)26-16-9-7-6-8-14(16)19-20(29)24-22(31-5-2)25-27(19)21(26)15-12-13(23)10-11-17(15)30-3/h6-12,21H,4-5H2,1-3H3/p+1. The molecule has 2 aromatic carbocycles. The van der Waals surface area contributed by atoms with Crippen molar-refractivity contribution < 1.29 is 14.2 Å². The fraction of sp³-hybridized carbons (Fsp3) is 0.273. The molecule has 3 aromatic rings. The highest BCUT2D eigenvalue weighted by Crippen LogP contribution is 2.40. The Kier molecular flexibility index (Phi) is 6.15. The maximum Gasteiger partial charge on any atom is 0.325 e. The first-order valence-electron chi connectivity index (χ1n) is 9.94. The highest BCUT2D eigenvalue weighted by atomic mass is 79.9. The van der Waals surface area contributed by atoms with Crippen LogP contribution in [-0.4, -0.2) is 28.9 Å². The smallest absolute Gasteiger partial charge is 0.325 e. The number of aromatic amines is 1. The Hall–Kier alpha value is -2.65. The van der Waals surface area contributed by atoms with E-state index in [1.54, 1.807) is 16.7 Å². The molecule has 1 N–H and O–H groups in total. The first-order chi connectivity index (χ1) is 15.0. The Morgan fingerprint density at radius 3 is 2.77 bits per heavy atom. The Balaban J connectivity index is 2.11. The molecule has 1 amide bonds. The van der Waals surface area contributed by atoms with Gasteiger partial charge in [-0.25, -0.2) is 4.90 Å². The zero-order valence-corrected chi connectivity index (χ0v) is 19.8. The minimum atomic E-state index is -0.677. The van der Waals surface area contributed by atoms with Gasteiger partial charge in [-0.05, 0) is 40.8 Å². The summed E-state index contributed by atoms with van der Waals surface area (Å²) in [6.07, 6.45) is -0.375. The van der Waals surface area contributed by atoms with E-state index in [0.29, 0.717) is 34.3 Å². The molecular weight excluding hydrogens is 480 g/mol. The van der Waals surface area contributed by atoms with Crippen molar-refractivity contribution in [1.82, 2.24) is 10.1 Å². The van der Waals surface area contributed by atoms with E-state index in [2.05, 4.69) is 20.9 Å². The predicted molar refractivity (Wildman–Crippen MR) is 123 cm³/mol. The van der Waals surface area contributed by atoms with Crippen molar-refractivity contribution >= 4 is 39.3 Å². The van der Waals surface area contributed by atoms with Crippen LogP contribution in [0.4, 0.5) is 5.69 Å². The third-order valence-electron chi connectivity index (χ3n) is 5.08. The number of para-hydroxylation sites is 1. The molecule has 1 aromatic heterocycles. The van der Waals surface area contributed by atoms with Crippen LogP contribution >= 0.6 is 27.7 Å². The van der Waals surface area contributed by atoms with Crippen LogP contribution in [0.5, 0.6) is 5.75 Å². The normalized spacial score (nSPS) is 14.7. The Morgan fingerprint density at radius 2 is 2.06 bits per heavy atom. The second-order valence-corrected chi connectivity index (χ2v) is 9.05. The van der Waals surface area contributed by atoms with Gasteiger partial charge in [0.15, 0.2) is 0 Å². The van der Waals surface area contributed by atoms with Crippen LogP contribution in [0.2, 0.25) is 0 Å². The molecule has 0 fully saturated rings. The third kappa shape index (κ3) is 3.76. The van der Waals surface area contributed by atoms with Gasteiger partial charge in [-0.15, -0.1) is 0 Å². The molecule has 1 atom stereocenters. The van der Waals surface area contributed by atoms with Crippen molar-refractivity contribution in [1.29, 1.82) is 0 Å². The Labute approximate surface area is 192 Å². The molecule has 0 radical (unpaired) electrons. The lowest BCUT2D eigenvalue weighted by Gasteiger charge is -2.32. The summed E-state index contributed by atoms with van der Waals surface area (Å²) in [4.78, 5) is 31.0. The lowest BCUT2D eigenvalue weighted by atomic mass is 10.0. The number of halogens is 1. The molecule has 0 bridgehead atoms. The van der Waals surface area contributed by atoms with E-state index < -0.39 is 6.17 Å². The van der Waals surface area contributed by atoms with Gasteiger partial charge in [0.2, 0.25) is 11.1 Å². The highest BCUT2D eigenvalue weighted by Gasteiger charge is 2.46. The first-order valence-corrected chi connectivity index (χ1v) is 11.7.